The van der Waals surface area contributed by atoms with Crippen LogP contribution >= 0.6 is 0 Å². The van der Waals surface area contributed by atoms with Gasteiger partial charge in [0.1, 0.15) is 0 Å². The molecule has 0 aliphatic carbocycles. The molecule has 0 radical (unpaired) electrons. The predicted octanol–water partition coefficient (Wildman–Crippen LogP) is 3.80. The fourth-order valence-electron chi connectivity index (χ4n) is 2.56. The van der Waals surface area contributed by atoms with Crippen molar-refractivity contribution in [2.75, 3.05) is 5.32 Å². The molecule has 2 aromatic heterocycles. The van der Waals surface area contributed by atoms with Gasteiger partial charge in [-0.2, -0.15) is 0 Å². The van der Waals surface area contributed by atoms with Gasteiger partial charge in [0.05, 0.1) is 5.52 Å². The number of anilines is 1. The molecule has 1 N–H and O–H groups in total. The maximum atomic E-state index is 4.39. The highest BCUT2D eigenvalue weighted by Crippen LogP contribution is 2.23. The molecule has 0 atom stereocenters. The molecule has 0 saturated carbocycles. The summed E-state index contributed by atoms with van der Waals surface area (Å²) in [4.78, 5) is 4.39. The van der Waals surface area contributed by atoms with E-state index in [1.165, 1.54) is 22.3 Å². The third-order valence-corrected chi connectivity index (χ3v) is 3.99. The predicted molar refractivity (Wildman–Crippen MR) is 84.0 cm³/mol. The van der Waals surface area contributed by atoms with Crippen LogP contribution in [0.1, 0.15) is 17.0 Å². The summed E-state index contributed by atoms with van der Waals surface area (Å²) in [5.41, 5.74) is 6.10. The Morgan fingerprint density at radius 2 is 2.00 bits per heavy atom. The number of hydrogen-bond acceptors (Lipinski definition) is 2. The number of benzene rings is 1. The minimum Gasteiger partial charge on any atom is -0.380 e. The summed E-state index contributed by atoms with van der Waals surface area (Å²) in [5.74, 6) is 0. The smallest absolute Gasteiger partial charge is 0.0722 e. The lowest BCUT2D eigenvalue weighted by molar-refractivity contribution is 0.837. The Kier molecular flexibility index (Phi) is 3.18. The number of hydrogen-bond donors (Lipinski definition) is 1. The molecular weight excluding hydrogens is 246 g/mol. The van der Waals surface area contributed by atoms with Crippen molar-refractivity contribution < 1.29 is 0 Å². The van der Waals surface area contributed by atoms with E-state index in [1.807, 2.05) is 24.4 Å². The van der Waals surface area contributed by atoms with E-state index in [0.717, 1.165) is 17.7 Å². The van der Waals surface area contributed by atoms with Crippen molar-refractivity contribution in [3.05, 3.63) is 59.5 Å². The largest absolute Gasteiger partial charge is 0.380 e. The van der Waals surface area contributed by atoms with Crippen LogP contribution in [0.2, 0.25) is 0 Å². The van der Waals surface area contributed by atoms with E-state index in [-0.39, 0.29) is 0 Å². The molecule has 0 fully saturated rings. The zero-order chi connectivity index (χ0) is 14.1. The number of aryl methyl sites for hydroxylation is 1. The summed E-state index contributed by atoms with van der Waals surface area (Å²) in [6.07, 6.45) is 1.83. The van der Waals surface area contributed by atoms with E-state index in [4.69, 9.17) is 0 Å². The number of rotatable bonds is 3. The Balaban J connectivity index is 1.89. The van der Waals surface area contributed by atoms with Crippen LogP contribution in [0.5, 0.6) is 0 Å². The molecule has 1 aromatic carbocycles. The van der Waals surface area contributed by atoms with Gasteiger partial charge in [-0.3, -0.25) is 4.98 Å². The highest BCUT2D eigenvalue weighted by atomic mass is 15.0. The Morgan fingerprint density at radius 3 is 2.75 bits per heavy atom. The van der Waals surface area contributed by atoms with E-state index < -0.39 is 0 Å². The van der Waals surface area contributed by atoms with Crippen LogP contribution in [0.15, 0.2) is 42.6 Å². The zero-order valence-electron chi connectivity index (χ0n) is 12.1. The molecule has 0 unspecified atom stereocenters. The summed E-state index contributed by atoms with van der Waals surface area (Å²) < 4.78 is 2.22. The lowest BCUT2D eigenvalue weighted by atomic mass is 10.1. The van der Waals surface area contributed by atoms with Crippen molar-refractivity contribution in [2.24, 2.45) is 7.05 Å². The maximum absolute atomic E-state index is 4.39. The van der Waals surface area contributed by atoms with Crippen LogP contribution < -0.4 is 5.32 Å². The number of nitrogens with one attached hydrogen (secondary N) is 1. The Bertz CT molecular complexity index is 751. The second-order valence-corrected chi connectivity index (χ2v) is 5.18. The van der Waals surface area contributed by atoms with Crippen LogP contribution in [-0.2, 0) is 13.6 Å². The quantitative estimate of drug-likeness (QED) is 0.780. The lowest BCUT2D eigenvalue weighted by Gasteiger charge is -2.09. The standard InChI is InChI=1S/C17H19N3/c1-12-10-14(13(2)20(12)3)11-19-17-8-4-7-16-15(17)6-5-9-18-16/h4-10,19H,11H2,1-3H3. The van der Waals surface area contributed by atoms with Crippen molar-refractivity contribution in [2.45, 2.75) is 20.4 Å². The number of fused-ring (bicyclic) bond motifs is 1. The van der Waals surface area contributed by atoms with E-state index in [1.54, 1.807) is 0 Å². The molecule has 2 heterocycles. The van der Waals surface area contributed by atoms with Crippen molar-refractivity contribution in [3.8, 4) is 0 Å². The average molecular weight is 265 g/mol. The topological polar surface area (TPSA) is 29.9 Å². The van der Waals surface area contributed by atoms with Crippen molar-refractivity contribution in [1.82, 2.24) is 9.55 Å². The van der Waals surface area contributed by atoms with Gasteiger partial charge in [-0.15, -0.1) is 0 Å². The van der Waals surface area contributed by atoms with Gasteiger partial charge in [-0.25, -0.2) is 0 Å². The minimum atomic E-state index is 0.835. The molecule has 3 nitrogen and oxygen atoms in total. The molecular formula is C17H19N3. The number of pyridine rings is 1. The van der Waals surface area contributed by atoms with Crippen LogP contribution in [0.25, 0.3) is 10.9 Å². The summed E-state index contributed by atoms with van der Waals surface area (Å²) in [5, 5.41) is 4.70. The summed E-state index contributed by atoms with van der Waals surface area (Å²) >= 11 is 0. The van der Waals surface area contributed by atoms with Gasteiger partial charge in [0.25, 0.3) is 0 Å². The van der Waals surface area contributed by atoms with Crippen LogP contribution in [-0.4, -0.2) is 9.55 Å². The van der Waals surface area contributed by atoms with Gasteiger partial charge in [0.2, 0.25) is 0 Å². The lowest BCUT2D eigenvalue weighted by Crippen LogP contribution is -2.02. The van der Waals surface area contributed by atoms with E-state index in [9.17, 15) is 0 Å². The molecule has 3 aromatic rings. The fraction of sp³-hybridized carbons (Fsp3) is 0.235. The van der Waals surface area contributed by atoms with Crippen LogP contribution in [0, 0.1) is 13.8 Å². The first-order chi connectivity index (χ1) is 9.66. The zero-order valence-corrected chi connectivity index (χ0v) is 12.1. The second-order valence-electron chi connectivity index (χ2n) is 5.18. The van der Waals surface area contributed by atoms with Gasteiger partial charge in [-0.1, -0.05) is 6.07 Å². The Morgan fingerprint density at radius 1 is 1.15 bits per heavy atom. The molecule has 0 saturated heterocycles. The van der Waals surface area contributed by atoms with Crippen molar-refractivity contribution in [1.29, 1.82) is 0 Å². The molecule has 102 valence electrons. The van der Waals surface area contributed by atoms with Crippen molar-refractivity contribution >= 4 is 16.6 Å². The first-order valence-electron chi connectivity index (χ1n) is 6.86. The first-order valence-corrected chi connectivity index (χ1v) is 6.86. The normalized spacial score (nSPS) is 10.9. The molecule has 3 rings (SSSR count). The summed E-state index contributed by atoms with van der Waals surface area (Å²) in [7, 11) is 2.11. The molecule has 0 bridgehead atoms. The Labute approximate surface area is 119 Å². The SMILES string of the molecule is Cc1cc(CNc2cccc3ncccc23)c(C)n1C. The third kappa shape index (κ3) is 2.16. The molecule has 0 aliphatic rings. The van der Waals surface area contributed by atoms with E-state index >= 15 is 0 Å². The number of aromatic nitrogens is 2. The summed E-state index contributed by atoms with van der Waals surface area (Å²) in [6, 6.07) is 12.5. The monoisotopic (exact) mass is 265 g/mol. The van der Waals surface area contributed by atoms with Gasteiger partial charge >= 0.3 is 0 Å². The summed E-state index contributed by atoms with van der Waals surface area (Å²) in [6.45, 7) is 5.13. The molecule has 3 heteroatoms. The highest BCUT2D eigenvalue weighted by Gasteiger charge is 2.06. The van der Waals surface area contributed by atoms with Gasteiger partial charge in [0, 0.05) is 42.3 Å². The molecule has 0 amide bonds. The van der Waals surface area contributed by atoms with E-state index in [2.05, 4.69) is 54.0 Å². The van der Waals surface area contributed by atoms with Gasteiger partial charge < -0.3 is 9.88 Å². The third-order valence-electron chi connectivity index (χ3n) is 3.99. The second kappa shape index (κ2) is 5.00. The van der Waals surface area contributed by atoms with Crippen LogP contribution in [0.4, 0.5) is 5.69 Å². The Hall–Kier alpha value is -2.29. The minimum absolute atomic E-state index is 0.835. The average Bonchev–Trinajstić information content (AvgIpc) is 2.72. The van der Waals surface area contributed by atoms with Crippen LogP contribution in [0.3, 0.4) is 0 Å². The fourth-order valence-corrected chi connectivity index (χ4v) is 2.56. The molecule has 0 aliphatic heterocycles. The van der Waals surface area contributed by atoms with Gasteiger partial charge in [0.15, 0.2) is 0 Å². The number of nitrogens with zero attached hydrogens (tertiary/aromatic N) is 2. The maximum Gasteiger partial charge on any atom is 0.0722 e. The van der Waals surface area contributed by atoms with Gasteiger partial charge in [-0.05, 0) is 49.7 Å². The van der Waals surface area contributed by atoms with E-state index in [0.29, 0.717) is 0 Å². The molecule has 20 heavy (non-hydrogen) atoms. The molecule has 0 spiro atoms. The highest BCUT2D eigenvalue weighted by molar-refractivity contribution is 5.91. The first kappa shape index (κ1) is 12.7. The van der Waals surface area contributed by atoms with Crippen molar-refractivity contribution in [3.63, 3.8) is 0 Å².